The zero-order chi connectivity index (χ0) is 20.3. The summed E-state index contributed by atoms with van der Waals surface area (Å²) in [7, 11) is 0. The minimum Gasteiger partial charge on any atom is -0.505 e. The highest BCUT2D eigenvalue weighted by Crippen LogP contribution is 2.36. The molecule has 142 valence electrons. The number of anilines is 1. The fraction of sp³-hybridized carbons (Fsp3) is 0.350. The Morgan fingerprint density at radius 1 is 1.12 bits per heavy atom. The summed E-state index contributed by atoms with van der Waals surface area (Å²) in [4.78, 5) is 8.36. The van der Waals surface area contributed by atoms with E-state index in [0.717, 1.165) is 18.4 Å². The van der Waals surface area contributed by atoms with Crippen molar-refractivity contribution in [2.45, 2.75) is 46.0 Å². The van der Waals surface area contributed by atoms with Gasteiger partial charge in [-0.2, -0.15) is 0 Å². The summed E-state index contributed by atoms with van der Waals surface area (Å²) in [5, 5.41) is 30.9. The predicted molar refractivity (Wildman–Crippen MR) is 108 cm³/mol. The highest BCUT2D eigenvalue weighted by atomic mass is 16.3. The molecule has 0 saturated heterocycles. The standard InChI is InChI=1S/C13H21NO.C6H6N2.CH2O2/c1-5-6-9-7-10(13(2,3)4)12(15)11(14)8-9;7-5-3-1-2-4-6(5)8;2-1-3/h7-8,15H,5-6,14H2,1-4H3;1-4,7-8H;1H,(H,2,3). The summed E-state index contributed by atoms with van der Waals surface area (Å²) < 4.78 is 0. The van der Waals surface area contributed by atoms with Gasteiger partial charge in [0.1, 0.15) is 5.75 Å². The first-order valence-electron chi connectivity index (χ1n) is 8.30. The molecule has 1 aliphatic rings. The molecular formula is C20H29N3O3. The maximum atomic E-state index is 9.90. The SMILES string of the molecule is CCCc1cc(N)c(O)c(C(C)(C)C)c1.N=C1C=CC=CC1=N.O=CO. The number of nitrogen functional groups attached to an aromatic ring is 1. The summed E-state index contributed by atoms with van der Waals surface area (Å²) >= 11 is 0. The molecular weight excluding hydrogens is 330 g/mol. The van der Waals surface area contributed by atoms with E-state index in [-0.39, 0.29) is 29.1 Å². The van der Waals surface area contributed by atoms with Crippen LogP contribution in [-0.4, -0.2) is 28.1 Å². The second kappa shape index (κ2) is 10.9. The summed E-state index contributed by atoms with van der Waals surface area (Å²) in [6, 6.07) is 3.93. The average molecular weight is 359 g/mol. The van der Waals surface area contributed by atoms with Crippen LogP contribution >= 0.6 is 0 Å². The van der Waals surface area contributed by atoms with Gasteiger partial charge in [0, 0.05) is 5.56 Å². The lowest BCUT2D eigenvalue weighted by Crippen LogP contribution is -2.12. The van der Waals surface area contributed by atoms with Gasteiger partial charge in [-0.05, 0) is 35.6 Å². The Morgan fingerprint density at radius 2 is 1.58 bits per heavy atom. The molecule has 1 aliphatic carbocycles. The van der Waals surface area contributed by atoms with Crippen molar-refractivity contribution in [2.75, 3.05) is 5.73 Å². The van der Waals surface area contributed by atoms with Crippen molar-refractivity contribution in [1.82, 2.24) is 0 Å². The topological polar surface area (TPSA) is 131 Å². The van der Waals surface area contributed by atoms with Gasteiger partial charge in [0.05, 0.1) is 17.1 Å². The maximum absolute atomic E-state index is 9.90. The molecule has 0 aliphatic heterocycles. The molecule has 0 bridgehead atoms. The molecule has 0 amide bonds. The van der Waals surface area contributed by atoms with Crippen LogP contribution in [0, 0.1) is 10.8 Å². The van der Waals surface area contributed by atoms with Crippen LogP contribution in [0.25, 0.3) is 0 Å². The van der Waals surface area contributed by atoms with Gasteiger partial charge in [-0.1, -0.05) is 52.3 Å². The van der Waals surface area contributed by atoms with Crippen LogP contribution in [-0.2, 0) is 16.6 Å². The number of allylic oxidation sites excluding steroid dienone is 4. The van der Waals surface area contributed by atoms with Gasteiger partial charge in [0.15, 0.2) is 0 Å². The minimum atomic E-state index is -0.250. The number of nitrogens with two attached hydrogens (primary N) is 1. The number of hydrogen-bond acceptors (Lipinski definition) is 5. The van der Waals surface area contributed by atoms with Crippen LogP contribution in [0.5, 0.6) is 5.75 Å². The van der Waals surface area contributed by atoms with Gasteiger partial charge in [-0.25, -0.2) is 0 Å². The number of phenols is 1. The molecule has 1 aromatic carbocycles. The van der Waals surface area contributed by atoms with E-state index < -0.39 is 0 Å². The van der Waals surface area contributed by atoms with Crippen molar-refractivity contribution in [3.8, 4) is 5.75 Å². The summed E-state index contributed by atoms with van der Waals surface area (Å²) in [6.07, 6.45) is 8.80. The molecule has 6 N–H and O–H groups in total. The number of aromatic hydroxyl groups is 1. The zero-order valence-electron chi connectivity index (χ0n) is 15.8. The largest absolute Gasteiger partial charge is 0.505 e. The van der Waals surface area contributed by atoms with Crippen LogP contribution < -0.4 is 5.73 Å². The highest BCUT2D eigenvalue weighted by Gasteiger charge is 2.20. The van der Waals surface area contributed by atoms with Gasteiger partial charge in [0.25, 0.3) is 6.47 Å². The van der Waals surface area contributed by atoms with Crippen LogP contribution in [0.15, 0.2) is 36.4 Å². The number of carboxylic acid groups (broad SMARTS) is 1. The minimum absolute atomic E-state index is 0.0675. The third-order valence-corrected chi connectivity index (χ3v) is 3.47. The molecule has 0 heterocycles. The van der Waals surface area contributed by atoms with E-state index in [0.29, 0.717) is 5.69 Å². The summed E-state index contributed by atoms with van der Waals surface area (Å²) in [5.74, 6) is 0.238. The van der Waals surface area contributed by atoms with Gasteiger partial charge in [-0.15, -0.1) is 0 Å². The van der Waals surface area contributed by atoms with Gasteiger partial charge in [-0.3, -0.25) is 15.6 Å². The predicted octanol–water partition coefficient (Wildman–Crippen LogP) is 4.08. The van der Waals surface area contributed by atoms with E-state index >= 15 is 0 Å². The molecule has 2 rings (SSSR count). The van der Waals surface area contributed by atoms with Crippen molar-refractivity contribution in [1.29, 1.82) is 10.8 Å². The zero-order valence-corrected chi connectivity index (χ0v) is 15.8. The Morgan fingerprint density at radius 3 is 1.92 bits per heavy atom. The Labute approximate surface area is 155 Å². The first kappa shape index (κ1) is 23.1. The third kappa shape index (κ3) is 7.79. The van der Waals surface area contributed by atoms with Crippen molar-refractivity contribution < 1.29 is 15.0 Å². The Hall–Kier alpha value is -2.89. The van der Waals surface area contributed by atoms with Crippen LogP contribution in [0.1, 0.15) is 45.2 Å². The van der Waals surface area contributed by atoms with E-state index in [9.17, 15) is 5.11 Å². The van der Waals surface area contributed by atoms with Crippen molar-refractivity contribution >= 4 is 23.6 Å². The number of nitrogens with one attached hydrogen (secondary N) is 2. The van der Waals surface area contributed by atoms with E-state index in [1.807, 2.05) is 6.07 Å². The number of benzene rings is 1. The molecule has 0 saturated carbocycles. The van der Waals surface area contributed by atoms with Crippen LogP contribution in [0.4, 0.5) is 5.69 Å². The number of phenolic OH excluding ortho intramolecular Hbond substituents is 1. The average Bonchev–Trinajstić information content (AvgIpc) is 2.54. The van der Waals surface area contributed by atoms with Gasteiger partial charge in [0.2, 0.25) is 0 Å². The monoisotopic (exact) mass is 359 g/mol. The fourth-order valence-electron chi connectivity index (χ4n) is 2.21. The molecule has 26 heavy (non-hydrogen) atoms. The second-order valence-electron chi connectivity index (χ2n) is 6.73. The first-order chi connectivity index (χ1) is 12.1. The van der Waals surface area contributed by atoms with E-state index in [4.69, 9.17) is 26.5 Å². The van der Waals surface area contributed by atoms with Gasteiger partial charge < -0.3 is 15.9 Å². The lowest BCUT2D eigenvalue weighted by atomic mass is 9.84. The van der Waals surface area contributed by atoms with Crippen molar-refractivity contribution in [3.05, 3.63) is 47.6 Å². The summed E-state index contributed by atoms with van der Waals surface area (Å²) in [5.41, 5.74) is 8.93. The lowest BCUT2D eigenvalue weighted by Gasteiger charge is -2.22. The second-order valence-corrected chi connectivity index (χ2v) is 6.73. The van der Waals surface area contributed by atoms with E-state index in [2.05, 4.69) is 33.8 Å². The molecule has 0 radical (unpaired) electrons. The summed E-state index contributed by atoms with van der Waals surface area (Å²) in [6.45, 7) is 8.13. The molecule has 6 heteroatoms. The smallest absolute Gasteiger partial charge is 0.290 e. The molecule has 0 fully saturated rings. The molecule has 0 atom stereocenters. The molecule has 0 spiro atoms. The number of aryl methyl sites for hydroxylation is 1. The van der Waals surface area contributed by atoms with Crippen LogP contribution in [0.3, 0.4) is 0 Å². The lowest BCUT2D eigenvalue weighted by molar-refractivity contribution is -0.122. The van der Waals surface area contributed by atoms with Crippen molar-refractivity contribution in [2.24, 2.45) is 0 Å². The van der Waals surface area contributed by atoms with E-state index in [1.165, 1.54) is 5.56 Å². The maximum Gasteiger partial charge on any atom is 0.290 e. The first-order valence-corrected chi connectivity index (χ1v) is 8.30. The normalized spacial score (nSPS) is 12.6. The number of rotatable bonds is 2. The Balaban J connectivity index is 0.000000474. The van der Waals surface area contributed by atoms with Gasteiger partial charge >= 0.3 is 0 Å². The van der Waals surface area contributed by atoms with Crippen LogP contribution in [0.2, 0.25) is 0 Å². The number of hydrogen-bond donors (Lipinski definition) is 5. The quantitative estimate of drug-likeness (QED) is 0.236. The van der Waals surface area contributed by atoms with Crippen molar-refractivity contribution in [3.63, 3.8) is 0 Å². The molecule has 0 unspecified atom stereocenters. The molecule has 0 aromatic heterocycles. The fourth-order valence-corrected chi connectivity index (χ4v) is 2.21. The highest BCUT2D eigenvalue weighted by molar-refractivity contribution is 6.48. The molecule has 1 aromatic rings. The Kier molecular flexibility index (Phi) is 9.66. The van der Waals surface area contributed by atoms with E-state index in [1.54, 1.807) is 24.3 Å². The number of carbonyl (C=O) groups is 1. The molecule has 6 nitrogen and oxygen atoms in total. The third-order valence-electron chi connectivity index (χ3n) is 3.47. The Bertz CT molecular complexity index is 677.